The lowest BCUT2D eigenvalue weighted by Gasteiger charge is -2.30. The maximum Gasteiger partial charge on any atom is 0.296 e. The predicted octanol–water partition coefficient (Wildman–Crippen LogP) is 1.78. The van der Waals surface area contributed by atoms with Crippen molar-refractivity contribution in [3.8, 4) is 29.1 Å². The van der Waals surface area contributed by atoms with Gasteiger partial charge in [-0.05, 0) is 25.2 Å². The Kier molecular flexibility index (Phi) is 6.56. The molecule has 36 heavy (non-hydrogen) atoms. The van der Waals surface area contributed by atoms with Crippen molar-refractivity contribution in [2.45, 2.75) is 24.4 Å². The zero-order valence-corrected chi connectivity index (χ0v) is 20.7. The smallest absolute Gasteiger partial charge is 0.296 e. The Hall–Kier alpha value is -2.71. The molecule has 3 aliphatic rings. The van der Waals surface area contributed by atoms with Gasteiger partial charge >= 0.3 is 0 Å². The highest BCUT2D eigenvalue weighted by Crippen LogP contribution is 2.32. The predicted molar refractivity (Wildman–Crippen MR) is 135 cm³/mol. The van der Waals surface area contributed by atoms with Crippen LogP contribution in [0.4, 0.5) is 0 Å². The maximum absolute atomic E-state index is 9.92. The van der Waals surface area contributed by atoms with Gasteiger partial charge in [0.05, 0.1) is 36.0 Å². The van der Waals surface area contributed by atoms with Crippen LogP contribution < -0.4 is 4.74 Å². The number of aromatic nitrogens is 3. The summed E-state index contributed by atoms with van der Waals surface area (Å²) in [7, 11) is 2.15. The van der Waals surface area contributed by atoms with Crippen LogP contribution in [0.5, 0.6) is 6.01 Å². The molecular formula is C26H28ClN5O4. The van der Waals surface area contributed by atoms with E-state index >= 15 is 0 Å². The van der Waals surface area contributed by atoms with E-state index in [1.165, 1.54) is 0 Å². The van der Waals surface area contributed by atoms with E-state index < -0.39 is 6.10 Å². The average Bonchev–Trinajstić information content (AvgIpc) is 3.57. The normalized spacial score (nSPS) is 26.6. The molecule has 2 N–H and O–H groups in total. The van der Waals surface area contributed by atoms with Crippen LogP contribution in [0, 0.1) is 11.8 Å². The van der Waals surface area contributed by atoms with Crippen molar-refractivity contribution in [1.29, 1.82) is 0 Å². The first-order chi connectivity index (χ1) is 17.5. The number of aromatic amines is 1. The molecule has 2 aromatic heterocycles. The van der Waals surface area contributed by atoms with E-state index in [2.05, 4.69) is 43.6 Å². The molecule has 3 aromatic rings. The summed E-state index contributed by atoms with van der Waals surface area (Å²) in [6.45, 7) is 5.65. The van der Waals surface area contributed by atoms with E-state index in [0.717, 1.165) is 43.9 Å². The minimum absolute atomic E-state index is 0.247. The third-order valence-corrected chi connectivity index (χ3v) is 7.23. The summed E-state index contributed by atoms with van der Waals surface area (Å²) in [5, 5.41) is 10.4. The van der Waals surface area contributed by atoms with Crippen LogP contribution in [0.2, 0.25) is 5.02 Å². The van der Waals surface area contributed by atoms with Gasteiger partial charge < -0.3 is 29.2 Å². The molecule has 0 aliphatic carbocycles. The standard InChI is InChI=1S/C26H28ClN5O4/c1-31-9-11-32(12-10-31)8-2-3-16-4-6-17(7-5-16)22-18(27)13-19-25(29-22)30-26(28-19)36-21-15-35-23-20(33)14-34-24(21)23/h4-7,13,20-21,23-24,33H,8-12,14-15H2,1H3,(H,28,29,30)/t20-,21-,23?,24-/m1/s1. The number of hydrogen-bond acceptors (Lipinski definition) is 8. The van der Waals surface area contributed by atoms with Crippen molar-refractivity contribution >= 4 is 22.8 Å². The van der Waals surface area contributed by atoms with Crippen LogP contribution in [0.1, 0.15) is 5.56 Å². The highest BCUT2D eigenvalue weighted by atomic mass is 35.5. The number of nitrogens with zero attached hydrogens (tertiary/aromatic N) is 4. The summed E-state index contributed by atoms with van der Waals surface area (Å²) in [4.78, 5) is 17.0. The number of ether oxygens (including phenoxy) is 3. The quantitative estimate of drug-likeness (QED) is 0.514. The lowest BCUT2D eigenvalue weighted by atomic mass is 10.1. The molecular weight excluding hydrogens is 482 g/mol. The number of benzene rings is 1. The molecule has 3 aliphatic heterocycles. The Balaban J connectivity index is 1.14. The second-order valence-corrected chi connectivity index (χ2v) is 9.92. The van der Waals surface area contributed by atoms with Crippen LogP contribution >= 0.6 is 11.6 Å². The van der Waals surface area contributed by atoms with Crippen molar-refractivity contribution in [3.05, 3.63) is 40.9 Å². The first-order valence-electron chi connectivity index (χ1n) is 12.2. The van der Waals surface area contributed by atoms with E-state index in [1.54, 1.807) is 6.07 Å². The number of aliphatic hydroxyl groups is 1. The second-order valence-electron chi connectivity index (χ2n) is 9.51. The Morgan fingerprint density at radius 3 is 2.69 bits per heavy atom. The lowest BCUT2D eigenvalue weighted by molar-refractivity contribution is 0.00706. The highest BCUT2D eigenvalue weighted by molar-refractivity contribution is 6.33. The summed E-state index contributed by atoms with van der Waals surface area (Å²) in [6.07, 6.45) is -1.66. The van der Waals surface area contributed by atoms with Crippen molar-refractivity contribution < 1.29 is 19.3 Å². The van der Waals surface area contributed by atoms with Crippen LogP contribution in [-0.4, -0.2) is 107 Å². The number of fused-ring (bicyclic) bond motifs is 2. The topological polar surface area (TPSA) is 96.0 Å². The molecule has 1 unspecified atom stereocenters. The molecule has 4 atom stereocenters. The van der Waals surface area contributed by atoms with Crippen LogP contribution in [-0.2, 0) is 9.47 Å². The van der Waals surface area contributed by atoms with E-state index in [0.29, 0.717) is 34.5 Å². The minimum Gasteiger partial charge on any atom is -0.456 e. The van der Waals surface area contributed by atoms with E-state index in [4.69, 9.17) is 25.8 Å². The molecule has 0 spiro atoms. The number of imidazole rings is 1. The number of piperazine rings is 1. The largest absolute Gasteiger partial charge is 0.456 e. The van der Waals surface area contributed by atoms with Gasteiger partial charge in [0, 0.05) is 37.3 Å². The molecule has 0 amide bonds. The van der Waals surface area contributed by atoms with Crippen molar-refractivity contribution in [1.82, 2.24) is 24.8 Å². The summed E-state index contributed by atoms with van der Waals surface area (Å²) in [5.74, 6) is 6.54. The molecule has 0 bridgehead atoms. The SMILES string of the molecule is CN1CCN(CC#Cc2ccc(-c3nc4nc(O[C@@H]5COC6[C@H](O)CO[C@@H]65)[nH]c4cc3Cl)cc2)CC1. The third-order valence-electron chi connectivity index (χ3n) is 6.94. The number of hydrogen-bond donors (Lipinski definition) is 2. The monoisotopic (exact) mass is 509 g/mol. The molecule has 9 nitrogen and oxygen atoms in total. The van der Waals surface area contributed by atoms with E-state index in [9.17, 15) is 5.11 Å². The van der Waals surface area contributed by atoms with Gasteiger partial charge in [0.25, 0.3) is 6.01 Å². The van der Waals surface area contributed by atoms with Crippen LogP contribution in [0.15, 0.2) is 30.3 Å². The molecule has 0 saturated carbocycles. The van der Waals surface area contributed by atoms with E-state index in [1.807, 2.05) is 24.3 Å². The fraction of sp³-hybridized carbons (Fsp3) is 0.462. The van der Waals surface area contributed by atoms with Crippen LogP contribution in [0.25, 0.3) is 22.4 Å². The second kappa shape index (κ2) is 9.98. The lowest BCUT2D eigenvalue weighted by Crippen LogP contribution is -2.44. The Labute approximate surface area is 214 Å². The third kappa shape index (κ3) is 4.81. The molecule has 3 fully saturated rings. The molecule has 188 valence electrons. The zero-order chi connectivity index (χ0) is 24.6. The molecule has 5 heterocycles. The maximum atomic E-state index is 9.92. The van der Waals surface area contributed by atoms with Gasteiger partial charge in [-0.2, -0.15) is 4.98 Å². The first-order valence-corrected chi connectivity index (χ1v) is 12.6. The summed E-state index contributed by atoms with van der Waals surface area (Å²) >= 11 is 6.57. The number of pyridine rings is 1. The minimum atomic E-state index is -0.628. The number of H-pyrrole nitrogens is 1. The van der Waals surface area contributed by atoms with Crippen molar-refractivity contribution in [2.75, 3.05) is 53.0 Å². The summed E-state index contributed by atoms with van der Waals surface area (Å²) < 4.78 is 17.2. The van der Waals surface area contributed by atoms with Gasteiger partial charge in [-0.15, -0.1) is 0 Å². The molecule has 1 aromatic carbocycles. The number of rotatable bonds is 4. The molecule has 0 radical (unpaired) electrons. The Morgan fingerprint density at radius 2 is 1.89 bits per heavy atom. The Bertz CT molecular complexity index is 1300. The molecule has 10 heteroatoms. The number of nitrogens with one attached hydrogen (secondary N) is 1. The summed E-state index contributed by atoms with van der Waals surface area (Å²) in [6, 6.07) is 10.0. The van der Waals surface area contributed by atoms with Gasteiger partial charge in [0.2, 0.25) is 0 Å². The van der Waals surface area contributed by atoms with Gasteiger partial charge in [-0.3, -0.25) is 4.90 Å². The zero-order valence-electron chi connectivity index (χ0n) is 20.0. The highest BCUT2D eigenvalue weighted by Gasteiger charge is 2.48. The van der Waals surface area contributed by atoms with Gasteiger partial charge in [0.1, 0.15) is 18.3 Å². The van der Waals surface area contributed by atoms with Crippen LogP contribution in [0.3, 0.4) is 0 Å². The van der Waals surface area contributed by atoms with Gasteiger partial charge in [-0.25, -0.2) is 4.98 Å². The van der Waals surface area contributed by atoms with Gasteiger partial charge in [0.15, 0.2) is 11.8 Å². The number of halogens is 1. The molecule has 6 rings (SSSR count). The number of aliphatic hydroxyl groups excluding tert-OH is 1. The number of likely N-dealkylation sites (N-methyl/N-ethyl adjacent to an activating group) is 1. The first kappa shape index (κ1) is 23.7. The van der Waals surface area contributed by atoms with Crippen molar-refractivity contribution in [2.24, 2.45) is 0 Å². The molecule has 3 saturated heterocycles. The van der Waals surface area contributed by atoms with E-state index in [-0.39, 0.29) is 24.9 Å². The fourth-order valence-corrected chi connectivity index (χ4v) is 5.07. The summed E-state index contributed by atoms with van der Waals surface area (Å²) in [5.41, 5.74) is 3.66. The Morgan fingerprint density at radius 1 is 1.11 bits per heavy atom. The van der Waals surface area contributed by atoms with Gasteiger partial charge in [-0.1, -0.05) is 35.6 Å². The fourth-order valence-electron chi connectivity index (χ4n) is 4.81. The van der Waals surface area contributed by atoms with Crippen molar-refractivity contribution in [3.63, 3.8) is 0 Å². The average molecular weight is 510 g/mol.